The molecule has 3 N–H and O–H groups in total. The van der Waals surface area contributed by atoms with E-state index in [1.807, 2.05) is 0 Å². The molecule has 5 heterocycles. The van der Waals surface area contributed by atoms with Crippen LogP contribution < -0.4 is 5.90 Å². The molecule has 0 aromatic carbocycles. The molecule has 256 valence electrons. The van der Waals surface area contributed by atoms with Gasteiger partial charge in [0.25, 0.3) is 0 Å². The summed E-state index contributed by atoms with van der Waals surface area (Å²) in [6.45, 7) is 3.56. The second-order valence-electron chi connectivity index (χ2n) is 11.5. The van der Waals surface area contributed by atoms with Gasteiger partial charge in [0.05, 0.1) is 28.7 Å². The second-order valence-corrected chi connectivity index (χ2v) is 11.5. The third kappa shape index (κ3) is 8.53. The van der Waals surface area contributed by atoms with Crippen LogP contribution in [0.1, 0.15) is 75.0 Å². The van der Waals surface area contributed by atoms with Gasteiger partial charge >= 0.3 is 0 Å². The van der Waals surface area contributed by atoms with Crippen molar-refractivity contribution in [3.05, 3.63) is 101 Å². The standard InChI is InChI=1S/C17H19N5O2.C15H13N5O2.ClH.H3NO/c1-11-13(6-7-15(20-11)22-10-18-9-19-22)17(24)14(8-21(2)3)16(23)12-4-5-12;1-9-11(4-5-13(19-9)20-8-16-7-17-20)14(21)12-6-18-22-15(12)10-2-3-10;;1-2/h6-10,12H,4-5H2,1-3H3;4-8,10H,2-3H2,1H3;1H;2H,1H2/b14-8+;;;. The topological polar surface area (TPSA) is 214 Å². The number of rotatable bonds is 10. The van der Waals surface area contributed by atoms with Crippen LogP contribution in [0, 0.1) is 19.8 Å². The molecule has 2 aliphatic carbocycles. The molecule has 2 fully saturated rings. The van der Waals surface area contributed by atoms with Crippen LogP contribution in [0.2, 0.25) is 0 Å². The van der Waals surface area contributed by atoms with Crippen LogP contribution in [0.15, 0.2) is 72.1 Å². The quantitative estimate of drug-likeness (QED) is 0.0707. The number of aromatic nitrogens is 9. The molecular weight excluding hydrogens is 654 g/mol. The highest BCUT2D eigenvalue weighted by atomic mass is 35.5. The monoisotopic (exact) mass is 689 g/mol. The molecule has 0 saturated heterocycles. The molecule has 2 aliphatic rings. The number of carbonyl (C=O) groups excluding carboxylic acids is 3. The number of carbonyl (C=O) groups is 3. The van der Waals surface area contributed by atoms with E-state index in [2.05, 4.69) is 41.2 Å². The molecule has 7 rings (SSSR count). The van der Waals surface area contributed by atoms with Crippen LogP contribution in [-0.2, 0) is 4.79 Å². The SMILES string of the molecule is Cc1nc(-n2cncn2)ccc1C(=O)/C(=C/N(C)C)C(=O)C1CC1.Cc1nc(-n2cncn2)ccc1C(=O)c1cnoc1C1CC1.Cl.NO. The normalized spacial score (nSPS) is 13.6. The lowest BCUT2D eigenvalue weighted by molar-refractivity contribution is -0.116. The van der Waals surface area contributed by atoms with Crippen LogP contribution in [0.4, 0.5) is 0 Å². The molecule has 0 spiro atoms. The van der Waals surface area contributed by atoms with Crippen molar-refractivity contribution in [3.63, 3.8) is 0 Å². The molecule has 0 radical (unpaired) electrons. The largest absolute Gasteiger partial charge is 0.383 e. The first-order chi connectivity index (χ1) is 23.2. The van der Waals surface area contributed by atoms with Crippen molar-refractivity contribution >= 4 is 29.8 Å². The van der Waals surface area contributed by atoms with Crippen LogP contribution in [0.3, 0.4) is 0 Å². The van der Waals surface area contributed by atoms with Gasteiger partial charge in [-0.25, -0.2) is 35.2 Å². The van der Waals surface area contributed by atoms with Gasteiger partial charge in [0.1, 0.15) is 25.3 Å². The zero-order valence-corrected chi connectivity index (χ0v) is 28.1. The highest BCUT2D eigenvalue weighted by molar-refractivity contribution is 6.27. The summed E-state index contributed by atoms with van der Waals surface area (Å²) >= 11 is 0. The van der Waals surface area contributed by atoms with Gasteiger partial charge in [0.15, 0.2) is 34.7 Å². The Bertz CT molecular complexity index is 1930. The Kier molecular flexibility index (Phi) is 12.0. The number of aryl methyl sites for hydroxylation is 2. The van der Waals surface area contributed by atoms with Gasteiger partial charge in [0, 0.05) is 43.3 Å². The molecule has 16 nitrogen and oxygen atoms in total. The van der Waals surface area contributed by atoms with E-state index >= 15 is 0 Å². The Morgan fingerprint density at radius 1 is 0.857 bits per heavy atom. The number of Topliss-reactive ketones (excluding diaryl/α,β-unsaturated/α-hetero) is 2. The van der Waals surface area contributed by atoms with Crippen molar-refractivity contribution in [3.8, 4) is 11.6 Å². The summed E-state index contributed by atoms with van der Waals surface area (Å²) in [6.07, 6.45) is 12.9. The second kappa shape index (κ2) is 16.1. The van der Waals surface area contributed by atoms with E-state index in [9.17, 15) is 14.4 Å². The zero-order chi connectivity index (χ0) is 34.4. The number of pyridine rings is 2. The van der Waals surface area contributed by atoms with Gasteiger partial charge in [-0.15, -0.1) is 12.4 Å². The molecule has 5 aromatic rings. The minimum Gasteiger partial charge on any atom is -0.383 e. The van der Waals surface area contributed by atoms with Gasteiger partial charge in [-0.1, -0.05) is 5.16 Å². The van der Waals surface area contributed by atoms with E-state index in [1.54, 1.807) is 74.3 Å². The van der Waals surface area contributed by atoms with E-state index in [-0.39, 0.29) is 41.2 Å². The van der Waals surface area contributed by atoms with Crippen LogP contribution in [-0.4, -0.2) is 86.2 Å². The van der Waals surface area contributed by atoms with Crippen molar-refractivity contribution in [2.24, 2.45) is 11.8 Å². The van der Waals surface area contributed by atoms with E-state index in [0.717, 1.165) is 25.7 Å². The Morgan fingerprint density at radius 3 is 1.86 bits per heavy atom. The summed E-state index contributed by atoms with van der Waals surface area (Å²) in [5, 5.41) is 18.3. The van der Waals surface area contributed by atoms with Crippen molar-refractivity contribution < 1.29 is 24.1 Å². The maximum Gasteiger partial charge on any atom is 0.200 e. The van der Waals surface area contributed by atoms with E-state index in [0.29, 0.717) is 51.4 Å². The average Bonchev–Trinajstić information content (AvgIpc) is 3.91. The van der Waals surface area contributed by atoms with Gasteiger partial charge in [-0.05, 0) is 63.8 Å². The zero-order valence-electron chi connectivity index (χ0n) is 27.3. The van der Waals surface area contributed by atoms with Gasteiger partial charge in [-0.3, -0.25) is 14.4 Å². The van der Waals surface area contributed by atoms with E-state index < -0.39 is 0 Å². The van der Waals surface area contributed by atoms with Crippen molar-refractivity contribution in [1.82, 2.24) is 49.6 Å². The first-order valence-electron chi connectivity index (χ1n) is 15.1. The molecule has 0 unspecified atom stereocenters. The maximum atomic E-state index is 12.9. The summed E-state index contributed by atoms with van der Waals surface area (Å²) in [6, 6.07) is 6.89. The number of hydrogen-bond donors (Lipinski definition) is 2. The predicted molar refractivity (Wildman–Crippen MR) is 177 cm³/mol. The third-order valence-electron chi connectivity index (χ3n) is 7.58. The summed E-state index contributed by atoms with van der Waals surface area (Å²) in [5.41, 5.74) is 2.94. The molecular formula is C32H36ClN11O5. The summed E-state index contributed by atoms with van der Waals surface area (Å²) in [4.78, 5) is 56.4. The Balaban J connectivity index is 0.000000207. The molecule has 0 amide bonds. The first kappa shape index (κ1) is 36.4. The molecule has 0 atom stereocenters. The smallest absolute Gasteiger partial charge is 0.200 e. The highest BCUT2D eigenvalue weighted by Gasteiger charge is 2.35. The Hall–Kier alpha value is -5.45. The number of nitrogens with zero attached hydrogens (tertiary/aromatic N) is 10. The van der Waals surface area contributed by atoms with Crippen molar-refractivity contribution in [1.29, 1.82) is 0 Å². The van der Waals surface area contributed by atoms with Crippen LogP contribution >= 0.6 is 12.4 Å². The van der Waals surface area contributed by atoms with Gasteiger partial charge in [0.2, 0.25) is 0 Å². The fraction of sp³-hybridized carbons (Fsp3) is 0.312. The number of hydrogen-bond acceptors (Lipinski definition) is 14. The van der Waals surface area contributed by atoms with Crippen molar-refractivity contribution in [2.45, 2.75) is 45.4 Å². The number of ketones is 3. The summed E-state index contributed by atoms with van der Waals surface area (Å²) in [5.74, 6) is 5.27. The number of halogens is 1. The minimum atomic E-state index is -0.282. The van der Waals surface area contributed by atoms with Crippen LogP contribution in [0.25, 0.3) is 11.6 Å². The predicted octanol–water partition coefficient (Wildman–Crippen LogP) is 3.40. The molecule has 2 saturated carbocycles. The summed E-state index contributed by atoms with van der Waals surface area (Å²) < 4.78 is 8.31. The lowest BCUT2D eigenvalue weighted by Gasteiger charge is -2.12. The molecule has 17 heteroatoms. The fourth-order valence-electron chi connectivity index (χ4n) is 4.89. The van der Waals surface area contributed by atoms with Crippen molar-refractivity contribution in [2.75, 3.05) is 14.1 Å². The van der Waals surface area contributed by atoms with Crippen LogP contribution in [0.5, 0.6) is 0 Å². The number of allylic oxidation sites excluding steroid dienone is 1. The molecule has 0 aliphatic heterocycles. The molecule has 5 aromatic heterocycles. The highest BCUT2D eigenvalue weighted by Crippen LogP contribution is 2.42. The average molecular weight is 690 g/mol. The first-order valence-corrected chi connectivity index (χ1v) is 15.1. The van der Waals surface area contributed by atoms with Gasteiger partial charge in [-0.2, -0.15) is 10.2 Å². The fourth-order valence-corrected chi connectivity index (χ4v) is 4.89. The minimum absolute atomic E-state index is 0. The van der Waals surface area contributed by atoms with E-state index in [4.69, 9.17) is 9.73 Å². The Morgan fingerprint density at radius 2 is 1.41 bits per heavy atom. The molecule has 49 heavy (non-hydrogen) atoms. The lowest BCUT2D eigenvalue weighted by Crippen LogP contribution is -2.19. The summed E-state index contributed by atoms with van der Waals surface area (Å²) in [7, 11) is 3.60. The van der Waals surface area contributed by atoms with Gasteiger partial charge < -0.3 is 14.6 Å². The lowest BCUT2D eigenvalue weighted by atomic mass is 9.97. The Labute approximate surface area is 287 Å². The van der Waals surface area contributed by atoms with E-state index in [1.165, 1.54) is 29.9 Å². The molecule has 0 bridgehead atoms. The number of nitrogens with two attached hydrogens (primary N) is 1. The maximum absolute atomic E-state index is 12.9. The third-order valence-corrected chi connectivity index (χ3v) is 7.58.